The van der Waals surface area contributed by atoms with Crippen LogP contribution in [0, 0.1) is 0 Å². The highest BCUT2D eigenvalue weighted by atomic mass is 16.4. The number of aromatic nitrogens is 2. The van der Waals surface area contributed by atoms with Gasteiger partial charge < -0.3 is 5.11 Å². The zero-order valence-electron chi connectivity index (χ0n) is 18.4. The van der Waals surface area contributed by atoms with E-state index in [0.29, 0.717) is 6.42 Å². The maximum absolute atomic E-state index is 10.6. The molecule has 0 aliphatic rings. The summed E-state index contributed by atoms with van der Waals surface area (Å²) < 4.78 is 0. The molecule has 0 atom stereocenters. The molecule has 0 bridgehead atoms. The first-order valence-corrected chi connectivity index (χ1v) is 11.4. The maximum Gasteiger partial charge on any atom is 0.303 e. The van der Waals surface area contributed by atoms with Crippen LogP contribution < -0.4 is 0 Å². The molecule has 0 fully saturated rings. The first kappa shape index (κ1) is 22.7. The molecule has 1 aromatic heterocycles. The Balaban J connectivity index is 1.55. The third-order valence-corrected chi connectivity index (χ3v) is 5.58. The number of nitrogens with zero attached hydrogens (tertiary/aromatic N) is 2. The van der Waals surface area contributed by atoms with Gasteiger partial charge in [-0.25, -0.2) is 9.97 Å². The number of carboxylic acids is 1. The molecule has 0 spiro atoms. The van der Waals surface area contributed by atoms with Crippen molar-refractivity contribution in [2.75, 3.05) is 0 Å². The molecule has 0 aliphatic carbocycles. The third kappa shape index (κ3) is 7.32. The lowest BCUT2D eigenvalue weighted by Crippen LogP contribution is -1.96. The van der Waals surface area contributed by atoms with Gasteiger partial charge in [0.2, 0.25) is 0 Å². The van der Waals surface area contributed by atoms with E-state index < -0.39 is 5.97 Å². The van der Waals surface area contributed by atoms with E-state index in [1.54, 1.807) is 0 Å². The van der Waals surface area contributed by atoms with Crippen molar-refractivity contribution in [3.05, 3.63) is 72.1 Å². The number of hydrogen-bond donors (Lipinski definition) is 1. The van der Waals surface area contributed by atoms with Gasteiger partial charge in [0.1, 0.15) is 0 Å². The molecule has 3 rings (SSSR count). The number of aryl methyl sites for hydroxylation is 2. The molecule has 1 heterocycles. The molecular formula is C27H32N2O2. The van der Waals surface area contributed by atoms with Crippen LogP contribution in [0.3, 0.4) is 0 Å². The molecule has 4 heteroatoms. The molecule has 1 N–H and O–H groups in total. The number of hydrogen-bond acceptors (Lipinski definition) is 3. The van der Waals surface area contributed by atoms with Crippen molar-refractivity contribution in [1.82, 2.24) is 9.97 Å². The van der Waals surface area contributed by atoms with Crippen LogP contribution in [0.25, 0.3) is 22.5 Å². The summed E-state index contributed by atoms with van der Waals surface area (Å²) in [5, 5.41) is 8.75. The van der Waals surface area contributed by atoms with Crippen LogP contribution in [0.2, 0.25) is 0 Å². The number of carbonyl (C=O) groups is 1. The monoisotopic (exact) mass is 416 g/mol. The summed E-state index contributed by atoms with van der Waals surface area (Å²) in [5.74, 6) is -0.00514. The van der Waals surface area contributed by atoms with Gasteiger partial charge in [0.15, 0.2) is 5.82 Å². The van der Waals surface area contributed by atoms with Crippen molar-refractivity contribution in [1.29, 1.82) is 0 Å². The van der Waals surface area contributed by atoms with Crippen molar-refractivity contribution in [3.63, 3.8) is 0 Å². The van der Waals surface area contributed by atoms with Gasteiger partial charge in [-0.1, -0.05) is 81.1 Å². The van der Waals surface area contributed by atoms with E-state index >= 15 is 0 Å². The molecule has 0 saturated heterocycles. The highest BCUT2D eigenvalue weighted by Gasteiger charge is 2.05. The Labute approximate surface area is 185 Å². The first-order valence-electron chi connectivity index (χ1n) is 11.4. The molecule has 4 nitrogen and oxygen atoms in total. The van der Waals surface area contributed by atoms with E-state index in [4.69, 9.17) is 5.11 Å². The Morgan fingerprint density at radius 2 is 1.26 bits per heavy atom. The Morgan fingerprint density at radius 3 is 1.84 bits per heavy atom. The van der Waals surface area contributed by atoms with Crippen LogP contribution in [-0.4, -0.2) is 21.0 Å². The number of benzene rings is 2. The lowest BCUT2D eigenvalue weighted by Gasteiger charge is -2.06. The van der Waals surface area contributed by atoms with Crippen molar-refractivity contribution in [3.8, 4) is 22.5 Å². The second-order valence-corrected chi connectivity index (χ2v) is 8.10. The van der Waals surface area contributed by atoms with Crippen molar-refractivity contribution < 1.29 is 9.90 Å². The Bertz CT molecular complexity index is 932. The number of carboxylic acid groups (broad SMARTS) is 1. The van der Waals surface area contributed by atoms with Crippen LogP contribution in [0.4, 0.5) is 0 Å². The fourth-order valence-corrected chi connectivity index (χ4v) is 3.69. The molecule has 31 heavy (non-hydrogen) atoms. The summed E-state index contributed by atoms with van der Waals surface area (Å²) in [6.07, 6.45) is 13.0. The predicted molar refractivity (Wildman–Crippen MR) is 126 cm³/mol. The molecule has 0 unspecified atom stereocenters. The van der Waals surface area contributed by atoms with Crippen molar-refractivity contribution in [2.24, 2.45) is 0 Å². The predicted octanol–water partition coefficient (Wildman–Crippen LogP) is 6.73. The molecule has 2 aromatic carbocycles. The number of unbranched alkanes of at least 4 members (excludes halogenated alkanes) is 4. The van der Waals surface area contributed by atoms with Gasteiger partial charge in [0, 0.05) is 29.9 Å². The number of aliphatic carboxylic acids is 1. The Hall–Kier alpha value is -3.01. The Morgan fingerprint density at radius 1 is 0.710 bits per heavy atom. The van der Waals surface area contributed by atoms with E-state index in [1.807, 2.05) is 36.7 Å². The average Bonchev–Trinajstić information content (AvgIpc) is 2.80. The van der Waals surface area contributed by atoms with Crippen LogP contribution in [-0.2, 0) is 17.6 Å². The van der Waals surface area contributed by atoms with Gasteiger partial charge in [0.05, 0.1) is 0 Å². The van der Waals surface area contributed by atoms with E-state index in [0.717, 1.165) is 40.9 Å². The first-order chi connectivity index (χ1) is 15.2. The van der Waals surface area contributed by atoms with Crippen molar-refractivity contribution in [2.45, 2.75) is 64.7 Å². The average molecular weight is 417 g/mol. The smallest absolute Gasteiger partial charge is 0.303 e. The minimum atomic E-state index is -0.745. The lowest BCUT2D eigenvalue weighted by atomic mass is 10.0. The lowest BCUT2D eigenvalue weighted by molar-refractivity contribution is -0.137. The van der Waals surface area contributed by atoms with Gasteiger partial charge in [0.25, 0.3) is 0 Å². The summed E-state index contributed by atoms with van der Waals surface area (Å²) in [6, 6.07) is 16.8. The molecular weight excluding hydrogens is 384 g/mol. The third-order valence-electron chi connectivity index (χ3n) is 5.58. The largest absolute Gasteiger partial charge is 0.481 e. The second kappa shape index (κ2) is 12.0. The highest BCUT2D eigenvalue weighted by Crippen LogP contribution is 2.22. The zero-order chi connectivity index (χ0) is 21.9. The standard InChI is InChI=1S/C27H32N2O2/c1-2-3-4-5-6-8-21-13-17-24(18-14-21)27-28-19-25(20-29-27)23-15-11-22(12-16-23)9-7-10-26(30)31/h11-20H,2-10H2,1H3,(H,30,31). The fourth-order valence-electron chi connectivity index (χ4n) is 3.69. The summed E-state index contributed by atoms with van der Waals surface area (Å²) in [7, 11) is 0. The fraction of sp³-hybridized carbons (Fsp3) is 0.370. The summed E-state index contributed by atoms with van der Waals surface area (Å²) in [5.41, 5.74) is 5.60. The van der Waals surface area contributed by atoms with E-state index in [-0.39, 0.29) is 6.42 Å². The van der Waals surface area contributed by atoms with Crippen molar-refractivity contribution >= 4 is 5.97 Å². The maximum atomic E-state index is 10.6. The van der Waals surface area contributed by atoms with E-state index in [1.165, 1.54) is 37.7 Å². The van der Waals surface area contributed by atoms with Gasteiger partial charge in [-0.05, 0) is 42.4 Å². The van der Waals surface area contributed by atoms with Crippen LogP contribution in [0.5, 0.6) is 0 Å². The topological polar surface area (TPSA) is 63.1 Å². The van der Waals surface area contributed by atoms with Gasteiger partial charge in [-0.2, -0.15) is 0 Å². The van der Waals surface area contributed by atoms with E-state index in [9.17, 15) is 4.79 Å². The minimum Gasteiger partial charge on any atom is -0.481 e. The highest BCUT2D eigenvalue weighted by molar-refractivity contribution is 5.66. The number of rotatable bonds is 12. The SMILES string of the molecule is CCCCCCCc1ccc(-c2ncc(-c3ccc(CCCC(=O)O)cc3)cn2)cc1. The van der Waals surface area contributed by atoms with Crippen LogP contribution >= 0.6 is 0 Å². The van der Waals surface area contributed by atoms with Crippen LogP contribution in [0.1, 0.15) is 63.0 Å². The molecule has 3 aromatic rings. The summed E-state index contributed by atoms with van der Waals surface area (Å²) in [6.45, 7) is 2.25. The molecule has 0 aliphatic heterocycles. The van der Waals surface area contributed by atoms with Gasteiger partial charge in [-0.3, -0.25) is 4.79 Å². The quantitative estimate of drug-likeness (QED) is 0.332. The molecule has 0 radical (unpaired) electrons. The second-order valence-electron chi connectivity index (χ2n) is 8.10. The summed E-state index contributed by atoms with van der Waals surface area (Å²) >= 11 is 0. The zero-order valence-corrected chi connectivity index (χ0v) is 18.4. The molecule has 0 amide bonds. The summed E-state index contributed by atoms with van der Waals surface area (Å²) in [4.78, 5) is 19.8. The van der Waals surface area contributed by atoms with Gasteiger partial charge in [-0.15, -0.1) is 0 Å². The minimum absolute atomic E-state index is 0.205. The van der Waals surface area contributed by atoms with E-state index in [2.05, 4.69) is 41.2 Å². The van der Waals surface area contributed by atoms with Gasteiger partial charge >= 0.3 is 5.97 Å². The Kier molecular flexibility index (Phi) is 8.77. The molecule has 162 valence electrons. The van der Waals surface area contributed by atoms with Crippen LogP contribution in [0.15, 0.2) is 60.9 Å². The molecule has 0 saturated carbocycles. The normalized spacial score (nSPS) is 10.9.